The van der Waals surface area contributed by atoms with Crippen LogP contribution in [0.5, 0.6) is 0 Å². The van der Waals surface area contributed by atoms with E-state index in [0.717, 1.165) is 23.9 Å². The molecule has 0 radical (unpaired) electrons. The highest BCUT2D eigenvalue weighted by Crippen LogP contribution is 2.29. The molecule has 1 heterocycles. The summed E-state index contributed by atoms with van der Waals surface area (Å²) < 4.78 is 0. The SMILES string of the molecule is CC1(NC(=O)c2ccc3nc[nH]c3c2)CCCC1. The van der Waals surface area contributed by atoms with Crippen molar-refractivity contribution in [2.75, 3.05) is 0 Å². The number of rotatable bonds is 2. The van der Waals surface area contributed by atoms with E-state index in [-0.39, 0.29) is 11.4 Å². The molecule has 18 heavy (non-hydrogen) atoms. The Bertz CT molecular complexity index is 581. The third-order valence-electron chi connectivity index (χ3n) is 3.80. The topological polar surface area (TPSA) is 57.8 Å². The van der Waals surface area contributed by atoms with Gasteiger partial charge in [0.15, 0.2) is 0 Å². The summed E-state index contributed by atoms with van der Waals surface area (Å²) in [4.78, 5) is 19.4. The maximum absolute atomic E-state index is 12.2. The monoisotopic (exact) mass is 243 g/mol. The molecule has 1 aromatic carbocycles. The molecule has 1 aliphatic rings. The lowest BCUT2D eigenvalue weighted by Crippen LogP contribution is -2.43. The Morgan fingerprint density at radius 3 is 2.94 bits per heavy atom. The van der Waals surface area contributed by atoms with Crippen molar-refractivity contribution in [1.82, 2.24) is 15.3 Å². The van der Waals surface area contributed by atoms with Gasteiger partial charge in [-0.25, -0.2) is 4.98 Å². The Morgan fingerprint density at radius 2 is 2.17 bits per heavy atom. The van der Waals surface area contributed by atoms with Gasteiger partial charge in [-0.05, 0) is 38.0 Å². The van der Waals surface area contributed by atoms with Gasteiger partial charge in [0.05, 0.1) is 17.4 Å². The number of H-pyrrole nitrogens is 1. The van der Waals surface area contributed by atoms with Crippen molar-refractivity contribution < 1.29 is 4.79 Å². The zero-order valence-corrected chi connectivity index (χ0v) is 10.5. The molecule has 1 fully saturated rings. The summed E-state index contributed by atoms with van der Waals surface area (Å²) in [5.74, 6) is 0.0101. The third-order valence-corrected chi connectivity index (χ3v) is 3.80. The molecule has 94 valence electrons. The number of amides is 1. The molecule has 0 bridgehead atoms. The fraction of sp³-hybridized carbons (Fsp3) is 0.429. The number of aromatic nitrogens is 2. The molecule has 2 aromatic rings. The van der Waals surface area contributed by atoms with Crippen LogP contribution < -0.4 is 5.32 Å². The van der Waals surface area contributed by atoms with Crippen LogP contribution in [-0.2, 0) is 0 Å². The number of fused-ring (bicyclic) bond motifs is 1. The average molecular weight is 243 g/mol. The van der Waals surface area contributed by atoms with Crippen LogP contribution in [0, 0.1) is 0 Å². The van der Waals surface area contributed by atoms with Crippen LogP contribution in [0.3, 0.4) is 0 Å². The molecule has 2 N–H and O–H groups in total. The van der Waals surface area contributed by atoms with Gasteiger partial charge in [-0.1, -0.05) is 12.8 Å². The minimum Gasteiger partial charge on any atom is -0.347 e. The molecule has 1 saturated carbocycles. The van der Waals surface area contributed by atoms with E-state index < -0.39 is 0 Å². The van der Waals surface area contributed by atoms with Gasteiger partial charge in [-0.3, -0.25) is 4.79 Å². The molecule has 0 spiro atoms. The number of carbonyl (C=O) groups excluding carboxylic acids is 1. The summed E-state index contributed by atoms with van der Waals surface area (Å²) in [6.07, 6.45) is 6.20. The van der Waals surface area contributed by atoms with Crippen molar-refractivity contribution in [3.05, 3.63) is 30.1 Å². The van der Waals surface area contributed by atoms with E-state index in [1.807, 2.05) is 18.2 Å². The number of imidazole rings is 1. The summed E-state index contributed by atoms with van der Waals surface area (Å²) >= 11 is 0. The standard InChI is InChI=1S/C14H17N3O/c1-14(6-2-3-7-14)17-13(18)10-4-5-11-12(8-10)16-9-15-11/h4-5,8-9H,2-3,6-7H2,1H3,(H,15,16)(H,17,18). The maximum atomic E-state index is 12.2. The number of nitrogens with zero attached hydrogens (tertiary/aromatic N) is 1. The second-order valence-corrected chi connectivity index (χ2v) is 5.36. The fourth-order valence-electron chi connectivity index (χ4n) is 2.70. The molecule has 0 unspecified atom stereocenters. The van der Waals surface area contributed by atoms with E-state index in [1.54, 1.807) is 6.33 Å². The first kappa shape index (κ1) is 11.3. The molecule has 1 aromatic heterocycles. The zero-order valence-electron chi connectivity index (χ0n) is 10.5. The molecular formula is C14H17N3O. The van der Waals surface area contributed by atoms with Gasteiger partial charge in [0.2, 0.25) is 0 Å². The predicted molar refractivity (Wildman–Crippen MR) is 70.4 cm³/mol. The Balaban J connectivity index is 1.82. The van der Waals surface area contributed by atoms with Gasteiger partial charge in [-0.15, -0.1) is 0 Å². The normalized spacial score (nSPS) is 18.1. The quantitative estimate of drug-likeness (QED) is 0.851. The minimum atomic E-state index is -0.0278. The Morgan fingerprint density at radius 1 is 1.39 bits per heavy atom. The number of aromatic amines is 1. The van der Waals surface area contributed by atoms with Crippen LogP contribution in [0.25, 0.3) is 11.0 Å². The summed E-state index contributed by atoms with van der Waals surface area (Å²) in [6.45, 7) is 2.13. The van der Waals surface area contributed by atoms with Crippen molar-refractivity contribution in [1.29, 1.82) is 0 Å². The molecule has 1 amide bonds. The predicted octanol–water partition coefficient (Wildman–Crippen LogP) is 2.63. The number of hydrogen-bond donors (Lipinski definition) is 2. The number of nitrogens with one attached hydrogen (secondary N) is 2. The van der Waals surface area contributed by atoms with E-state index in [1.165, 1.54) is 12.8 Å². The van der Waals surface area contributed by atoms with Crippen molar-refractivity contribution in [2.24, 2.45) is 0 Å². The van der Waals surface area contributed by atoms with Gasteiger partial charge in [0.1, 0.15) is 0 Å². The van der Waals surface area contributed by atoms with Crippen molar-refractivity contribution in [2.45, 2.75) is 38.1 Å². The van der Waals surface area contributed by atoms with Crippen molar-refractivity contribution in [3.8, 4) is 0 Å². The molecule has 3 rings (SSSR count). The van der Waals surface area contributed by atoms with E-state index in [4.69, 9.17) is 0 Å². The average Bonchev–Trinajstić information content (AvgIpc) is 2.96. The Kier molecular flexibility index (Phi) is 2.58. The first-order valence-electron chi connectivity index (χ1n) is 6.42. The molecule has 1 aliphatic carbocycles. The highest BCUT2D eigenvalue weighted by atomic mass is 16.1. The summed E-state index contributed by atoms with van der Waals surface area (Å²) in [7, 11) is 0. The van der Waals surface area contributed by atoms with Gasteiger partial charge in [-0.2, -0.15) is 0 Å². The van der Waals surface area contributed by atoms with Crippen LogP contribution in [0.1, 0.15) is 43.0 Å². The largest absolute Gasteiger partial charge is 0.347 e. The van der Waals surface area contributed by atoms with E-state index >= 15 is 0 Å². The van der Waals surface area contributed by atoms with Crippen LogP contribution in [0.2, 0.25) is 0 Å². The van der Waals surface area contributed by atoms with Crippen molar-refractivity contribution in [3.63, 3.8) is 0 Å². The van der Waals surface area contributed by atoms with E-state index in [2.05, 4.69) is 22.2 Å². The van der Waals surface area contributed by atoms with Crippen LogP contribution in [-0.4, -0.2) is 21.4 Å². The first-order valence-corrected chi connectivity index (χ1v) is 6.42. The maximum Gasteiger partial charge on any atom is 0.251 e. The van der Waals surface area contributed by atoms with Crippen LogP contribution in [0.15, 0.2) is 24.5 Å². The third kappa shape index (κ3) is 1.98. The lowest BCUT2D eigenvalue weighted by Gasteiger charge is -2.25. The summed E-state index contributed by atoms with van der Waals surface area (Å²) in [6, 6.07) is 5.56. The molecule has 4 nitrogen and oxygen atoms in total. The Labute approximate surface area is 106 Å². The van der Waals surface area contributed by atoms with Gasteiger partial charge in [0, 0.05) is 11.1 Å². The molecule has 0 atom stereocenters. The molecule has 4 heteroatoms. The van der Waals surface area contributed by atoms with E-state index in [9.17, 15) is 4.79 Å². The van der Waals surface area contributed by atoms with Gasteiger partial charge >= 0.3 is 0 Å². The lowest BCUT2D eigenvalue weighted by atomic mass is 10.00. The van der Waals surface area contributed by atoms with Gasteiger partial charge in [0.25, 0.3) is 5.91 Å². The molecule has 0 saturated heterocycles. The van der Waals surface area contributed by atoms with Crippen LogP contribution >= 0.6 is 0 Å². The first-order chi connectivity index (χ1) is 8.66. The summed E-state index contributed by atoms with van der Waals surface area (Å²) in [5.41, 5.74) is 2.46. The smallest absolute Gasteiger partial charge is 0.251 e. The van der Waals surface area contributed by atoms with Gasteiger partial charge < -0.3 is 10.3 Å². The second kappa shape index (κ2) is 4.12. The van der Waals surface area contributed by atoms with Crippen molar-refractivity contribution >= 4 is 16.9 Å². The summed E-state index contributed by atoms with van der Waals surface area (Å²) in [5, 5.41) is 3.16. The highest BCUT2D eigenvalue weighted by molar-refractivity contribution is 5.97. The lowest BCUT2D eigenvalue weighted by molar-refractivity contribution is 0.0908. The zero-order chi connectivity index (χ0) is 12.6. The minimum absolute atomic E-state index is 0.0101. The second-order valence-electron chi connectivity index (χ2n) is 5.36. The molecule has 0 aliphatic heterocycles. The number of benzene rings is 1. The van der Waals surface area contributed by atoms with E-state index in [0.29, 0.717) is 5.56 Å². The molecular weight excluding hydrogens is 226 g/mol. The highest BCUT2D eigenvalue weighted by Gasteiger charge is 2.30. The number of hydrogen-bond acceptors (Lipinski definition) is 2. The number of carbonyl (C=O) groups is 1. The Hall–Kier alpha value is -1.84. The fourth-order valence-corrected chi connectivity index (χ4v) is 2.70. The van der Waals surface area contributed by atoms with Crippen LogP contribution in [0.4, 0.5) is 0 Å².